The maximum atomic E-state index is 12.5. The molecule has 2 aliphatic heterocycles. The maximum Gasteiger partial charge on any atom is 0.240 e. The minimum atomic E-state index is -0.671. The number of piperidine rings is 2. The van der Waals surface area contributed by atoms with Crippen molar-refractivity contribution >= 4 is 17.6 Å². The number of carbonyl (C=O) groups is 3. The molecule has 10 nitrogen and oxygen atoms in total. The molecule has 0 aliphatic carbocycles. The van der Waals surface area contributed by atoms with Gasteiger partial charge in [0.25, 0.3) is 0 Å². The summed E-state index contributed by atoms with van der Waals surface area (Å²) in [6.45, 7) is 3.83. The van der Waals surface area contributed by atoms with Crippen molar-refractivity contribution in [3.05, 3.63) is 71.8 Å². The van der Waals surface area contributed by atoms with Crippen LogP contribution in [-0.4, -0.2) is 111 Å². The summed E-state index contributed by atoms with van der Waals surface area (Å²) >= 11 is 0. The number of rotatable bonds is 10. The van der Waals surface area contributed by atoms with Crippen molar-refractivity contribution < 1.29 is 19.5 Å². The average molecular weight is 581 g/mol. The van der Waals surface area contributed by atoms with E-state index in [2.05, 4.69) is 45.2 Å². The van der Waals surface area contributed by atoms with Crippen LogP contribution in [-0.2, 0) is 9.59 Å². The van der Waals surface area contributed by atoms with Gasteiger partial charge in [0.15, 0.2) is 5.78 Å². The summed E-state index contributed by atoms with van der Waals surface area (Å²) in [7, 11) is 7.76. The first-order chi connectivity index (χ1) is 20.1. The van der Waals surface area contributed by atoms with Crippen LogP contribution in [0.25, 0.3) is 0 Å². The highest BCUT2D eigenvalue weighted by Crippen LogP contribution is 2.23. The van der Waals surface area contributed by atoms with Crippen LogP contribution in [0, 0.1) is 0 Å². The summed E-state index contributed by atoms with van der Waals surface area (Å²) in [5.74, 6) is -0.168. The number of Topliss-reactive ketones (excluding diaryl/α,β-unsaturated/α-hetero) is 1. The number of nitrogens with zero attached hydrogens (tertiary/aromatic N) is 2. The van der Waals surface area contributed by atoms with E-state index in [1.165, 1.54) is 0 Å². The third-order valence-corrected chi connectivity index (χ3v) is 8.65. The fourth-order valence-electron chi connectivity index (χ4n) is 5.39. The predicted octanol–water partition coefficient (Wildman–Crippen LogP) is 1.19. The van der Waals surface area contributed by atoms with Crippen molar-refractivity contribution in [2.45, 2.75) is 42.9 Å². The first-order valence-corrected chi connectivity index (χ1v) is 14.8. The van der Waals surface area contributed by atoms with Crippen LogP contribution >= 0.6 is 0 Å². The molecule has 0 saturated carbocycles. The van der Waals surface area contributed by atoms with E-state index in [1.807, 2.05) is 62.6 Å². The lowest BCUT2D eigenvalue weighted by atomic mass is 9.86. The zero-order valence-electron chi connectivity index (χ0n) is 25.5. The SMILES string of the molecule is CNC1(C(=O)NCC(=O)c2ccccc2)CCN(C)CC1.CNC1(C(=O)NCC(O)c2ccccc2)CCN(C)CC1. The highest BCUT2D eigenvalue weighted by atomic mass is 16.3. The first-order valence-electron chi connectivity index (χ1n) is 14.8. The van der Waals surface area contributed by atoms with Crippen LogP contribution < -0.4 is 21.3 Å². The predicted molar refractivity (Wildman–Crippen MR) is 165 cm³/mol. The van der Waals surface area contributed by atoms with Crippen molar-refractivity contribution in [3.63, 3.8) is 0 Å². The fraction of sp³-hybridized carbons (Fsp3) is 0.531. The minimum absolute atomic E-state index is 0.0203. The van der Waals surface area contributed by atoms with E-state index >= 15 is 0 Å². The Hall–Kier alpha value is -3.15. The summed E-state index contributed by atoms with van der Waals surface area (Å²) in [6.07, 6.45) is 2.41. The molecule has 0 aromatic heterocycles. The Labute approximate surface area is 250 Å². The first kappa shape index (κ1) is 33.4. The van der Waals surface area contributed by atoms with E-state index < -0.39 is 17.2 Å². The highest BCUT2D eigenvalue weighted by Gasteiger charge is 2.40. The summed E-state index contributed by atoms with van der Waals surface area (Å²) in [6, 6.07) is 18.4. The van der Waals surface area contributed by atoms with Gasteiger partial charge >= 0.3 is 0 Å². The number of aliphatic hydroxyl groups excluding tert-OH is 1. The van der Waals surface area contributed by atoms with Gasteiger partial charge in [-0.15, -0.1) is 0 Å². The monoisotopic (exact) mass is 580 g/mol. The summed E-state index contributed by atoms with van der Waals surface area (Å²) in [5, 5.41) is 22.1. The number of likely N-dealkylation sites (tertiary alicyclic amines) is 2. The molecule has 2 aromatic rings. The summed E-state index contributed by atoms with van der Waals surface area (Å²) < 4.78 is 0. The van der Waals surface area contributed by atoms with Crippen LogP contribution in [0.2, 0.25) is 0 Å². The molecule has 2 saturated heterocycles. The smallest absolute Gasteiger partial charge is 0.240 e. The van der Waals surface area contributed by atoms with Gasteiger partial charge in [-0.3, -0.25) is 14.4 Å². The lowest BCUT2D eigenvalue weighted by molar-refractivity contribution is -0.130. The molecule has 0 spiro atoms. The number of likely N-dealkylation sites (N-methyl/N-ethyl adjacent to an activating group) is 2. The second-order valence-corrected chi connectivity index (χ2v) is 11.4. The Kier molecular flexibility index (Phi) is 12.6. The second kappa shape index (κ2) is 15.9. The van der Waals surface area contributed by atoms with Crippen molar-refractivity contribution in [3.8, 4) is 0 Å². The molecule has 0 bridgehead atoms. The van der Waals surface area contributed by atoms with Crippen molar-refractivity contribution in [1.29, 1.82) is 0 Å². The zero-order valence-corrected chi connectivity index (χ0v) is 25.5. The van der Waals surface area contributed by atoms with Crippen molar-refractivity contribution in [1.82, 2.24) is 31.1 Å². The van der Waals surface area contributed by atoms with Crippen molar-refractivity contribution in [2.75, 3.05) is 67.5 Å². The Morgan fingerprint density at radius 2 is 1.17 bits per heavy atom. The third kappa shape index (κ3) is 8.92. The summed E-state index contributed by atoms with van der Waals surface area (Å²) in [5.41, 5.74) is 0.381. The highest BCUT2D eigenvalue weighted by molar-refractivity contribution is 6.00. The molecule has 5 N–H and O–H groups in total. The third-order valence-electron chi connectivity index (χ3n) is 8.65. The van der Waals surface area contributed by atoms with Crippen LogP contribution in [0.4, 0.5) is 0 Å². The van der Waals surface area contributed by atoms with Crippen LogP contribution in [0.5, 0.6) is 0 Å². The molecule has 2 fully saturated rings. The molecule has 4 rings (SSSR count). The van der Waals surface area contributed by atoms with E-state index in [-0.39, 0.29) is 30.7 Å². The molecule has 1 unspecified atom stereocenters. The number of aliphatic hydroxyl groups is 1. The second-order valence-electron chi connectivity index (χ2n) is 11.4. The molecule has 2 aromatic carbocycles. The number of amides is 2. The normalized spacial score (nSPS) is 19.1. The van der Waals surface area contributed by atoms with Crippen LogP contribution in [0.3, 0.4) is 0 Å². The molecule has 2 aliphatic rings. The van der Waals surface area contributed by atoms with Gasteiger partial charge in [-0.05, 0) is 59.4 Å². The maximum absolute atomic E-state index is 12.5. The topological polar surface area (TPSA) is 126 Å². The lowest BCUT2D eigenvalue weighted by Gasteiger charge is -2.39. The Balaban J connectivity index is 0.000000230. The van der Waals surface area contributed by atoms with Gasteiger partial charge < -0.3 is 36.2 Å². The zero-order chi connectivity index (χ0) is 30.6. The van der Waals surface area contributed by atoms with Crippen LogP contribution in [0.15, 0.2) is 60.7 Å². The molecular formula is C32H48N6O4. The number of nitrogens with one attached hydrogen (secondary N) is 4. The molecule has 10 heteroatoms. The number of hydrogen-bond acceptors (Lipinski definition) is 8. The Morgan fingerprint density at radius 3 is 1.62 bits per heavy atom. The molecule has 2 heterocycles. The number of hydrogen-bond donors (Lipinski definition) is 5. The lowest BCUT2D eigenvalue weighted by Crippen LogP contribution is -2.60. The van der Waals surface area contributed by atoms with E-state index in [0.29, 0.717) is 5.56 Å². The minimum Gasteiger partial charge on any atom is -0.387 e. The molecule has 230 valence electrons. The number of benzene rings is 2. The quantitative estimate of drug-likeness (QED) is 0.266. The number of ketones is 1. The van der Waals surface area contributed by atoms with Crippen LogP contribution in [0.1, 0.15) is 47.7 Å². The van der Waals surface area contributed by atoms with Gasteiger partial charge in [-0.25, -0.2) is 0 Å². The molecule has 0 radical (unpaired) electrons. The largest absolute Gasteiger partial charge is 0.387 e. The van der Waals surface area contributed by atoms with Gasteiger partial charge in [-0.1, -0.05) is 60.7 Å². The molecule has 42 heavy (non-hydrogen) atoms. The fourth-order valence-corrected chi connectivity index (χ4v) is 5.39. The standard InChI is InChI=1S/C16H25N3O2.C16H23N3O2/c2*1-17-16(8-10-19(2)11-9-16)15(21)18-12-14(20)13-6-4-3-5-7-13/h3-7,14,17,20H,8-12H2,1-2H3,(H,18,21);3-7,17H,8-12H2,1-2H3,(H,18,21). The van der Waals surface area contributed by atoms with E-state index in [0.717, 1.165) is 57.4 Å². The van der Waals surface area contributed by atoms with Gasteiger partial charge in [0, 0.05) is 38.3 Å². The van der Waals surface area contributed by atoms with Gasteiger partial charge in [0.1, 0.15) is 11.1 Å². The van der Waals surface area contributed by atoms with Gasteiger partial charge in [-0.2, -0.15) is 0 Å². The molecular weight excluding hydrogens is 532 g/mol. The molecule has 2 amide bonds. The van der Waals surface area contributed by atoms with E-state index in [9.17, 15) is 19.5 Å². The summed E-state index contributed by atoms with van der Waals surface area (Å²) in [4.78, 5) is 41.4. The Morgan fingerprint density at radius 1 is 0.738 bits per heavy atom. The average Bonchev–Trinajstić information content (AvgIpc) is 3.04. The van der Waals surface area contributed by atoms with Crippen molar-refractivity contribution in [2.24, 2.45) is 0 Å². The van der Waals surface area contributed by atoms with E-state index in [1.54, 1.807) is 12.1 Å². The number of carbonyl (C=O) groups excluding carboxylic acids is 3. The molecule has 1 atom stereocenters. The van der Waals surface area contributed by atoms with Gasteiger partial charge in [0.05, 0.1) is 12.6 Å². The van der Waals surface area contributed by atoms with Gasteiger partial charge in [0.2, 0.25) is 11.8 Å². The van der Waals surface area contributed by atoms with E-state index in [4.69, 9.17) is 0 Å². The Bertz CT molecular complexity index is 1130.